The lowest BCUT2D eigenvalue weighted by molar-refractivity contribution is -0.140. The van der Waals surface area contributed by atoms with Crippen molar-refractivity contribution in [2.45, 2.75) is 45.3 Å². The highest BCUT2D eigenvalue weighted by atomic mass is 35.5. The molecule has 0 saturated heterocycles. The van der Waals surface area contributed by atoms with Crippen molar-refractivity contribution in [3.63, 3.8) is 0 Å². The number of hydrogen-bond acceptors (Lipinski definition) is 4. The van der Waals surface area contributed by atoms with Gasteiger partial charge >= 0.3 is 0 Å². The molecule has 0 radical (unpaired) electrons. The second-order valence-corrected chi connectivity index (χ2v) is 13.2. The molecule has 0 saturated carbocycles. The molecule has 0 heterocycles. The van der Waals surface area contributed by atoms with Crippen molar-refractivity contribution >= 4 is 50.7 Å². The molecule has 214 valence electrons. The smallest absolute Gasteiger partial charge is 0.244 e. The number of anilines is 1. The first kappa shape index (κ1) is 31.4. The minimum Gasteiger partial charge on any atom is -0.350 e. The van der Waals surface area contributed by atoms with Crippen LogP contribution in [-0.2, 0) is 32.6 Å². The van der Waals surface area contributed by atoms with E-state index in [9.17, 15) is 22.4 Å². The van der Waals surface area contributed by atoms with Crippen LogP contribution in [0, 0.1) is 5.82 Å². The molecule has 0 aromatic heterocycles. The molecule has 3 aromatic rings. The number of amides is 2. The van der Waals surface area contributed by atoms with Gasteiger partial charge in [0.15, 0.2) is 0 Å². The van der Waals surface area contributed by atoms with Crippen molar-refractivity contribution in [1.29, 1.82) is 0 Å². The van der Waals surface area contributed by atoms with Crippen molar-refractivity contribution in [2.24, 2.45) is 0 Å². The second kappa shape index (κ2) is 13.0. The van der Waals surface area contributed by atoms with Crippen molar-refractivity contribution in [1.82, 2.24) is 10.2 Å². The van der Waals surface area contributed by atoms with Gasteiger partial charge in [0, 0.05) is 28.5 Å². The minimum atomic E-state index is -4.09. The molecule has 1 atom stereocenters. The molecule has 3 aromatic carbocycles. The second-order valence-electron chi connectivity index (χ2n) is 10.4. The molecule has 0 unspecified atom stereocenters. The van der Waals surface area contributed by atoms with Crippen LogP contribution >= 0.6 is 23.2 Å². The molecule has 7 nitrogen and oxygen atoms in total. The largest absolute Gasteiger partial charge is 0.350 e. The number of sulfonamides is 1. The van der Waals surface area contributed by atoms with E-state index in [1.54, 1.807) is 12.1 Å². The third kappa shape index (κ3) is 8.68. The molecule has 3 rings (SSSR count). The molecule has 0 fully saturated rings. The van der Waals surface area contributed by atoms with Crippen molar-refractivity contribution < 1.29 is 22.4 Å². The Morgan fingerprint density at radius 3 is 2.17 bits per heavy atom. The summed E-state index contributed by atoms with van der Waals surface area (Å²) < 4.78 is 40.9. The van der Waals surface area contributed by atoms with E-state index in [1.807, 2.05) is 51.1 Å². The normalized spacial score (nSPS) is 12.5. The number of hydrogen-bond donors (Lipinski definition) is 1. The van der Waals surface area contributed by atoms with Crippen LogP contribution in [0.15, 0.2) is 72.8 Å². The Kier molecular flexibility index (Phi) is 10.2. The molecule has 0 aliphatic heterocycles. The number of para-hydroxylation sites is 1. The van der Waals surface area contributed by atoms with E-state index in [0.717, 1.165) is 17.9 Å². The number of halogens is 3. The lowest BCUT2D eigenvalue weighted by Gasteiger charge is -2.35. The van der Waals surface area contributed by atoms with Gasteiger partial charge in [-0.05, 0) is 56.2 Å². The molecule has 1 N–H and O–H groups in total. The number of benzene rings is 3. The van der Waals surface area contributed by atoms with Gasteiger partial charge in [0.1, 0.15) is 18.4 Å². The van der Waals surface area contributed by atoms with Gasteiger partial charge in [-0.2, -0.15) is 0 Å². The monoisotopic (exact) mass is 607 g/mol. The number of carbonyl (C=O) groups is 2. The van der Waals surface area contributed by atoms with Gasteiger partial charge in [-0.3, -0.25) is 13.9 Å². The van der Waals surface area contributed by atoms with E-state index in [-0.39, 0.29) is 23.7 Å². The summed E-state index contributed by atoms with van der Waals surface area (Å²) in [6, 6.07) is 18.1. The van der Waals surface area contributed by atoms with E-state index in [2.05, 4.69) is 5.32 Å². The first-order chi connectivity index (χ1) is 18.7. The van der Waals surface area contributed by atoms with E-state index < -0.39 is 45.8 Å². The summed E-state index contributed by atoms with van der Waals surface area (Å²) in [4.78, 5) is 29.0. The maximum Gasteiger partial charge on any atom is 0.244 e. The SMILES string of the molecule is CC(C)(C)NC(=O)[C@H](Cc1ccccc1)N(Cc1ccc(Cl)cc1Cl)C(=O)CN(c1ccccc1F)S(C)(=O)=O. The van der Waals surface area contributed by atoms with Crippen molar-refractivity contribution in [3.05, 3.63) is 99.8 Å². The van der Waals surface area contributed by atoms with Crippen molar-refractivity contribution in [2.75, 3.05) is 17.1 Å². The molecular weight excluding hydrogens is 576 g/mol. The molecule has 2 amide bonds. The third-order valence-electron chi connectivity index (χ3n) is 5.93. The fourth-order valence-corrected chi connectivity index (χ4v) is 5.41. The average Bonchev–Trinajstić information content (AvgIpc) is 2.85. The van der Waals surface area contributed by atoms with E-state index in [1.165, 1.54) is 29.2 Å². The van der Waals surface area contributed by atoms with Crippen LogP contribution in [0.25, 0.3) is 0 Å². The first-order valence-electron chi connectivity index (χ1n) is 12.5. The van der Waals surface area contributed by atoms with Crippen LogP contribution in [-0.4, -0.2) is 49.5 Å². The van der Waals surface area contributed by atoms with E-state index >= 15 is 0 Å². The summed E-state index contributed by atoms with van der Waals surface area (Å²) >= 11 is 12.5. The van der Waals surface area contributed by atoms with Gasteiger partial charge in [-0.1, -0.05) is 71.7 Å². The molecule has 0 aliphatic rings. The summed E-state index contributed by atoms with van der Waals surface area (Å²) in [7, 11) is -4.09. The Morgan fingerprint density at radius 1 is 0.975 bits per heavy atom. The molecule has 0 spiro atoms. The van der Waals surface area contributed by atoms with Gasteiger partial charge in [-0.15, -0.1) is 0 Å². The average molecular weight is 609 g/mol. The molecule has 0 bridgehead atoms. The molecule has 11 heteroatoms. The Labute approximate surface area is 244 Å². The summed E-state index contributed by atoms with van der Waals surface area (Å²) in [5, 5.41) is 3.59. The highest BCUT2D eigenvalue weighted by molar-refractivity contribution is 7.92. The van der Waals surface area contributed by atoms with Crippen molar-refractivity contribution in [3.8, 4) is 0 Å². The predicted octanol–water partition coefficient (Wildman–Crippen LogP) is 5.45. The zero-order valence-corrected chi connectivity index (χ0v) is 25.0. The number of carbonyl (C=O) groups excluding carboxylic acids is 2. The van der Waals surface area contributed by atoms with Crippen LogP contribution in [0.5, 0.6) is 0 Å². The fourth-order valence-electron chi connectivity index (χ4n) is 4.09. The van der Waals surface area contributed by atoms with Crippen LogP contribution in [0.4, 0.5) is 10.1 Å². The van der Waals surface area contributed by atoms with Gasteiger partial charge in [0.05, 0.1) is 11.9 Å². The molecular formula is C29H32Cl2FN3O4S. The van der Waals surface area contributed by atoms with Gasteiger partial charge in [-0.25, -0.2) is 12.8 Å². The Bertz CT molecular complexity index is 1460. The molecule has 40 heavy (non-hydrogen) atoms. The van der Waals surface area contributed by atoms with Crippen LogP contribution < -0.4 is 9.62 Å². The predicted molar refractivity (Wildman–Crippen MR) is 157 cm³/mol. The van der Waals surface area contributed by atoms with Crippen LogP contribution in [0.3, 0.4) is 0 Å². The van der Waals surface area contributed by atoms with Gasteiger partial charge in [0.25, 0.3) is 0 Å². The Morgan fingerprint density at radius 2 is 1.60 bits per heavy atom. The zero-order chi connectivity index (χ0) is 29.7. The third-order valence-corrected chi connectivity index (χ3v) is 7.64. The highest BCUT2D eigenvalue weighted by Crippen LogP contribution is 2.26. The standard InChI is InChI=1S/C29H32Cl2FN3O4S/c1-29(2,3)33-28(37)26(16-20-10-6-5-7-11-20)34(18-21-14-15-22(30)17-23(21)31)27(36)19-35(40(4,38)39)25-13-9-8-12-24(25)32/h5-15,17,26H,16,18-19H2,1-4H3,(H,33,37)/t26-/m0/s1. The fraction of sp³-hybridized carbons (Fsp3) is 0.310. The summed E-state index contributed by atoms with van der Waals surface area (Å²) in [6.45, 7) is 4.58. The van der Waals surface area contributed by atoms with Gasteiger partial charge in [0.2, 0.25) is 21.8 Å². The topological polar surface area (TPSA) is 86.8 Å². The summed E-state index contributed by atoms with van der Waals surface area (Å²) in [6.07, 6.45) is 1.03. The van der Waals surface area contributed by atoms with Crippen LogP contribution in [0.2, 0.25) is 10.0 Å². The maximum absolute atomic E-state index is 14.7. The summed E-state index contributed by atoms with van der Waals surface area (Å²) in [5.41, 5.74) is 0.384. The van der Waals surface area contributed by atoms with E-state index in [4.69, 9.17) is 23.2 Å². The minimum absolute atomic E-state index is 0.126. The Hall–Kier alpha value is -3.14. The number of rotatable bonds is 10. The lowest BCUT2D eigenvalue weighted by Crippen LogP contribution is -2.56. The molecule has 0 aliphatic carbocycles. The van der Waals surface area contributed by atoms with E-state index in [0.29, 0.717) is 14.9 Å². The lowest BCUT2D eigenvalue weighted by atomic mass is 10.0. The maximum atomic E-state index is 14.7. The first-order valence-corrected chi connectivity index (χ1v) is 15.1. The van der Waals surface area contributed by atoms with Crippen LogP contribution in [0.1, 0.15) is 31.9 Å². The van der Waals surface area contributed by atoms with Gasteiger partial charge < -0.3 is 10.2 Å². The summed E-state index contributed by atoms with van der Waals surface area (Å²) in [5.74, 6) is -1.96. The number of nitrogens with one attached hydrogen (secondary N) is 1. The Balaban J connectivity index is 2.11. The quantitative estimate of drug-likeness (QED) is 0.332. The zero-order valence-electron chi connectivity index (χ0n) is 22.7. The number of nitrogens with zero attached hydrogens (tertiary/aromatic N) is 2. The highest BCUT2D eigenvalue weighted by Gasteiger charge is 2.35.